The van der Waals surface area contributed by atoms with Crippen molar-refractivity contribution in [2.75, 3.05) is 20.6 Å². The molecule has 0 amide bonds. The molecule has 0 aromatic heterocycles. The molecule has 1 atom stereocenters. The number of alkyl halides is 3. The van der Waals surface area contributed by atoms with Gasteiger partial charge in [-0.05, 0) is 57.5 Å². The van der Waals surface area contributed by atoms with Gasteiger partial charge in [0.1, 0.15) is 0 Å². The fourth-order valence-electron chi connectivity index (χ4n) is 4.13. The van der Waals surface area contributed by atoms with E-state index in [-0.39, 0.29) is 5.54 Å². The number of hydrogen-bond acceptors (Lipinski definition) is 4. The van der Waals surface area contributed by atoms with Crippen LogP contribution >= 0.6 is 0 Å². The molecule has 1 aliphatic carbocycles. The van der Waals surface area contributed by atoms with Crippen LogP contribution in [-0.2, 0) is 11.7 Å². The zero-order chi connectivity index (χ0) is 17.6. The molecule has 7 heteroatoms. The molecule has 4 nitrogen and oxygen atoms in total. The summed E-state index contributed by atoms with van der Waals surface area (Å²) in [5.74, 6) is 0. The first-order valence-corrected chi connectivity index (χ1v) is 8.21. The van der Waals surface area contributed by atoms with E-state index in [4.69, 9.17) is 0 Å². The summed E-state index contributed by atoms with van der Waals surface area (Å²) in [6.45, 7) is 0.681. The second-order valence-electron chi connectivity index (χ2n) is 7.21. The van der Waals surface area contributed by atoms with E-state index < -0.39 is 23.6 Å². The number of benzene rings is 1. The van der Waals surface area contributed by atoms with E-state index in [2.05, 4.69) is 10.6 Å². The van der Waals surface area contributed by atoms with Crippen molar-refractivity contribution in [3.05, 3.63) is 35.4 Å². The Morgan fingerprint density at radius 1 is 1.17 bits per heavy atom. The van der Waals surface area contributed by atoms with Crippen molar-refractivity contribution >= 4 is 0 Å². The predicted octanol–water partition coefficient (Wildman–Crippen LogP) is 2.24. The number of nitrogens with one attached hydrogen (secondary N) is 2. The van der Waals surface area contributed by atoms with Gasteiger partial charge in [-0.15, -0.1) is 0 Å². The van der Waals surface area contributed by atoms with Gasteiger partial charge in [0.05, 0.1) is 5.56 Å². The molecule has 1 heterocycles. The van der Waals surface area contributed by atoms with Crippen molar-refractivity contribution in [1.82, 2.24) is 15.5 Å². The van der Waals surface area contributed by atoms with Crippen LogP contribution in [-0.4, -0.2) is 42.5 Å². The minimum absolute atomic E-state index is 0.166. The molecule has 24 heavy (non-hydrogen) atoms. The summed E-state index contributed by atoms with van der Waals surface area (Å²) in [7, 11) is 3.85. The Hall–Kier alpha value is -1.15. The largest absolute Gasteiger partial charge is 0.416 e. The Balaban J connectivity index is 1.89. The third-order valence-electron chi connectivity index (χ3n) is 5.69. The second-order valence-corrected chi connectivity index (χ2v) is 7.21. The zero-order valence-electron chi connectivity index (χ0n) is 14.0. The zero-order valence-corrected chi connectivity index (χ0v) is 14.0. The molecule has 3 N–H and O–H groups in total. The number of halogens is 3. The topological polar surface area (TPSA) is 47.5 Å². The van der Waals surface area contributed by atoms with Crippen LogP contribution in [0.4, 0.5) is 13.2 Å². The van der Waals surface area contributed by atoms with Crippen molar-refractivity contribution in [2.45, 2.75) is 49.3 Å². The van der Waals surface area contributed by atoms with Gasteiger partial charge in [0.15, 0.2) is 6.35 Å². The molecule has 1 aromatic carbocycles. The summed E-state index contributed by atoms with van der Waals surface area (Å²) in [6, 6.07) is 5.69. The summed E-state index contributed by atoms with van der Waals surface area (Å²) in [6.07, 6.45) is -1.96. The van der Waals surface area contributed by atoms with Crippen LogP contribution in [0.15, 0.2) is 24.3 Å². The van der Waals surface area contributed by atoms with E-state index in [1.807, 2.05) is 19.0 Å². The van der Waals surface area contributed by atoms with E-state index in [1.54, 1.807) is 6.07 Å². The molecule has 3 rings (SSSR count). The Kier molecular flexibility index (Phi) is 4.40. The second kappa shape index (κ2) is 5.98. The third kappa shape index (κ3) is 3.06. The van der Waals surface area contributed by atoms with Crippen molar-refractivity contribution in [2.24, 2.45) is 0 Å². The van der Waals surface area contributed by atoms with Crippen LogP contribution in [0.2, 0.25) is 0 Å². The van der Waals surface area contributed by atoms with E-state index in [9.17, 15) is 18.3 Å². The SMILES string of the molecule is CN(C)C1(c2cccc(C(F)(F)F)c2)CCC2(CC1)CNC(O)N2. The van der Waals surface area contributed by atoms with Crippen LogP contribution in [0.1, 0.15) is 36.8 Å². The van der Waals surface area contributed by atoms with Crippen LogP contribution in [0, 0.1) is 0 Å². The van der Waals surface area contributed by atoms with Crippen LogP contribution in [0.25, 0.3) is 0 Å². The highest BCUT2D eigenvalue weighted by Gasteiger charge is 2.48. The highest BCUT2D eigenvalue weighted by atomic mass is 19.4. The van der Waals surface area contributed by atoms with E-state index >= 15 is 0 Å². The maximum atomic E-state index is 13.1. The predicted molar refractivity (Wildman–Crippen MR) is 85.2 cm³/mol. The molecule has 1 spiro atoms. The lowest BCUT2D eigenvalue weighted by atomic mass is 9.68. The van der Waals surface area contributed by atoms with Crippen LogP contribution < -0.4 is 10.6 Å². The van der Waals surface area contributed by atoms with Crippen molar-refractivity contribution in [1.29, 1.82) is 0 Å². The van der Waals surface area contributed by atoms with Gasteiger partial charge in [0, 0.05) is 17.6 Å². The lowest BCUT2D eigenvalue weighted by Crippen LogP contribution is -2.54. The third-order valence-corrected chi connectivity index (χ3v) is 5.69. The molecule has 134 valence electrons. The molecule has 2 aliphatic rings. The molecule has 1 saturated carbocycles. The smallest absolute Gasteiger partial charge is 0.365 e. The van der Waals surface area contributed by atoms with Crippen molar-refractivity contribution in [3.8, 4) is 0 Å². The van der Waals surface area contributed by atoms with E-state index in [0.717, 1.165) is 31.7 Å². The summed E-state index contributed by atoms with van der Waals surface area (Å²) in [5.41, 5.74) is -0.469. The van der Waals surface area contributed by atoms with E-state index in [1.165, 1.54) is 12.1 Å². The normalized spacial score (nSPS) is 34.2. The lowest BCUT2D eigenvalue weighted by Gasteiger charge is -2.49. The fraction of sp³-hybridized carbons (Fsp3) is 0.647. The molecule has 1 unspecified atom stereocenters. The Morgan fingerprint density at radius 2 is 1.83 bits per heavy atom. The maximum Gasteiger partial charge on any atom is 0.416 e. The molecule has 0 radical (unpaired) electrons. The standard InChI is InChI=1S/C17H24F3N3O/c1-23(2)16(12-4-3-5-13(10-12)17(18,19)20)8-6-15(7-9-16)11-21-14(24)22-15/h3-5,10,14,21-22,24H,6-9,11H2,1-2H3. The van der Waals surface area contributed by atoms with Gasteiger partial charge < -0.3 is 5.11 Å². The average molecular weight is 343 g/mol. The molecular formula is C17H24F3N3O. The molecule has 1 saturated heterocycles. The average Bonchev–Trinajstić information content (AvgIpc) is 2.88. The minimum atomic E-state index is -4.33. The molecule has 0 bridgehead atoms. The van der Waals surface area contributed by atoms with E-state index in [0.29, 0.717) is 12.1 Å². The van der Waals surface area contributed by atoms with Crippen molar-refractivity contribution < 1.29 is 18.3 Å². The number of aliphatic hydroxyl groups excluding tert-OH is 1. The van der Waals surface area contributed by atoms with Gasteiger partial charge in [-0.1, -0.05) is 12.1 Å². The van der Waals surface area contributed by atoms with Gasteiger partial charge in [0.25, 0.3) is 0 Å². The lowest BCUT2D eigenvalue weighted by molar-refractivity contribution is -0.137. The minimum Gasteiger partial charge on any atom is -0.365 e. The number of rotatable bonds is 2. The van der Waals surface area contributed by atoms with Gasteiger partial charge in [-0.2, -0.15) is 13.2 Å². The molecule has 2 fully saturated rings. The van der Waals surface area contributed by atoms with Gasteiger partial charge in [-0.3, -0.25) is 15.5 Å². The summed E-state index contributed by atoms with van der Waals surface area (Å²) >= 11 is 0. The van der Waals surface area contributed by atoms with Crippen molar-refractivity contribution in [3.63, 3.8) is 0 Å². The van der Waals surface area contributed by atoms with Gasteiger partial charge in [0.2, 0.25) is 0 Å². The summed E-state index contributed by atoms with van der Waals surface area (Å²) in [4.78, 5) is 2.04. The first-order chi connectivity index (χ1) is 11.2. The van der Waals surface area contributed by atoms with Crippen LogP contribution in [0.3, 0.4) is 0 Å². The number of hydrogen-bond donors (Lipinski definition) is 3. The first-order valence-electron chi connectivity index (χ1n) is 8.21. The Bertz CT molecular complexity index is 595. The van der Waals surface area contributed by atoms with Crippen LogP contribution in [0.5, 0.6) is 0 Å². The molecular weight excluding hydrogens is 319 g/mol. The monoisotopic (exact) mass is 343 g/mol. The number of nitrogens with zero attached hydrogens (tertiary/aromatic N) is 1. The fourth-order valence-corrected chi connectivity index (χ4v) is 4.13. The Labute approximate surface area is 140 Å². The maximum absolute atomic E-state index is 13.1. The first kappa shape index (κ1) is 17.7. The van der Waals surface area contributed by atoms with Gasteiger partial charge in [-0.25, -0.2) is 0 Å². The quantitative estimate of drug-likeness (QED) is 0.771. The number of aliphatic hydroxyl groups is 1. The molecule has 1 aliphatic heterocycles. The highest BCUT2D eigenvalue weighted by molar-refractivity contribution is 5.32. The Morgan fingerprint density at radius 3 is 2.33 bits per heavy atom. The highest BCUT2D eigenvalue weighted by Crippen LogP contribution is 2.46. The summed E-state index contributed by atoms with van der Waals surface area (Å²) in [5, 5.41) is 15.8. The van der Waals surface area contributed by atoms with Gasteiger partial charge >= 0.3 is 6.18 Å². The molecule has 1 aromatic rings. The summed E-state index contributed by atoms with van der Waals surface area (Å²) < 4.78 is 39.3.